The molecule has 2 rings (SSSR count). The highest BCUT2D eigenvalue weighted by Gasteiger charge is 2.21. The van der Waals surface area contributed by atoms with Crippen molar-refractivity contribution in [1.29, 1.82) is 0 Å². The van der Waals surface area contributed by atoms with Gasteiger partial charge < -0.3 is 10.2 Å². The Morgan fingerprint density at radius 2 is 1.83 bits per heavy atom. The van der Waals surface area contributed by atoms with Crippen LogP contribution in [0.3, 0.4) is 0 Å². The highest BCUT2D eigenvalue weighted by atomic mass is 16.2. The van der Waals surface area contributed by atoms with E-state index in [9.17, 15) is 9.59 Å². The minimum absolute atomic E-state index is 0.0926. The van der Waals surface area contributed by atoms with Gasteiger partial charge in [0.15, 0.2) is 0 Å². The van der Waals surface area contributed by atoms with Gasteiger partial charge >= 0.3 is 0 Å². The van der Waals surface area contributed by atoms with E-state index in [1.165, 1.54) is 12.5 Å². The van der Waals surface area contributed by atoms with Crippen LogP contribution < -0.4 is 5.32 Å². The summed E-state index contributed by atoms with van der Waals surface area (Å²) in [5.41, 5.74) is 2.14. The number of carbonyl (C=O) groups is 2. The van der Waals surface area contributed by atoms with Crippen LogP contribution in [-0.4, -0.2) is 34.3 Å². The number of pyridine rings is 1. The molecule has 0 bridgehead atoms. The Morgan fingerprint density at radius 1 is 1.12 bits per heavy atom. The zero-order valence-electron chi connectivity index (χ0n) is 14.1. The van der Waals surface area contributed by atoms with E-state index in [4.69, 9.17) is 0 Å². The first kappa shape index (κ1) is 17.7. The molecule has 0 saturated heterocycles. The van der Waals surface area contributed by atoms with Crippen LogP contribution in [-0.2, 0) is 22.6 Å². The van der Waals surface area contributed by atoms with E-state index in [0.717, 1.165) is 12.0 Å². The molecule has 0 aliphatic rings. The Balaban J connectivity index is 2.08. The van der Waals surface area contributed by atoms with Crippen LogP contribution >= 0.6 is 0 Å². The van der Waals surface area contributed by atoms with Crippen molar-refractivity contribution < 1.29 is 9.59 Å². The molecular weight excluding hydrogens is 302 g/mol. The van der Waals surface area contributed by atoms with Gasteiger partial charge in [0.2, 0.25) is 11.8 Å². The second-order valence-electron chi connectivity index (χ2n) is 5.78. The van der Waals surface area contributed by atoms with E-state index < -0.39 is 6.04 Å². The molecule has 0 saturated carbocycles. The second-order valence-corrected chi connectivity index (χ2v) is 5.78. The molecule has 126 valence electrons. The van der Waals surface area contributed by atoms with Gasteiger partial charge in [0.25, 0.3) is 0 Å². The van der Waals surface area contributed by atoms with E-state index in [1.54, 1.807) is 24.2 Å². The molecular formula is C19H23N3O2. The number of carbonyl (C=O) groups excluding carboxylic acids is 2. The third-order valence-corrected chi connectivity index (χ3v) is 3.71. The van der Waals surface area contributed by atoms with Gasteiger partial charge in [-0.2, -0.15) is 0 Å². The maximum atomic E-state index is 12.7. The fourth-order valence-corrected chi connectivity index (χ4v) is 2.53. The summed E-state index contributed by atoms with van der Waals surface area (Å²) < 4.78 is 0. The van der Waals surface area contributed by atoms with E-state index in [0.29, 0.717) is 13.1 Å². The number of benzene rings is 1. The molecule has 1 atom stereocenters. The van der Waals surface area contributed by atoms with Crippen molar-refractivity contribution in [2.45, 2.75) is 32.9 Å². The van der Waals surface area contributed by atoms with Gasteiger partial charge in [-0.15, -0.1) is 0 Å². The predicted molar refractivity (Wildman–Crippen MR) is 93.1 cm³/mol. The number of hydrogen-bond acceptors (Lipinski definition) is 3. The Bertz CT molecular complexity index is 659. The highest BCUT2D eigenvalue weighted by Crippen LogP contribution is 2.08. The van der Waals surface area contributed by atoms with Gasteiger partial charge in [0.05, 0.1) is 0 Å². The average Bonchev–Trinajstić information content (AvgIpc) is 2.59. The number of rotatable bonds is 7. The molecule has 2 aromatic rings. The van der Waals surface area contributed by atoms with Gasteiger partial charge in [-0.05, 0) is 30.5 Å². The van der Waals surface area contributed by atoms with Gasteiger partial charge in [0.1, 0.15) is 6.04 Å². The fourth-order valence-electron chi connectivity index (χ4n) is 2.53. The molecule has 24 heavy (non-hydrogen) atoms. The lowest BCUT2D eigenvalue weighted by Crippen LogP contribution is -2.46. The molecule has 1 heterocycles. The monoisotopic (exact) mass is 325 g/mol. The first-order valence-corrected chi connectivity index (χ1v) is 8.05. The van der Waals surface area contributed by atoms with E-state index >= 15 is 0 Å². The highest BCUT2D eigenvalue weighted by molar-refractivity contribution is 5.86. The van der Waals surface area contributed by atoms with Gasteiger partial charge in [-0.3, -0.25) is 14.6 Å². The molecule has 1 unspecified atom stereocenters. The first-order valence-electron chi connectivity index (χ1n) is 8.05. The number of aromatic nitrogens is 1. The molecule has 1 N–H and O–H groups in total. The molecule has 0 aliphatic heterocycles. The zero-order chi connectivity index (χ0) is 17.4. The largest absolute Gasteiger partial charge is 0.345 e. The Morgan fingerprint density at radius 3 is 2.46 bits per heavy atom. The SMILES string of the molecule is CC(=O)NC(C)C(=O)N(CCc1ccccc1)Cc1cccnc1. The molecule has 0 radical (unpaired) electrons. The summed E-state index contributed by atoms with van der Waals surface area (Å²) in [5.74, 6) is -0.301. The lowest BCUT2D eigenvalue weighted by atomic mass is 10.1. The Hall–Kier alpha value is -2.69. The number of amides is 2. The lowest BCUT2D eigenvalue weighted by molar-refractivity contribution is -0.136. The number of nitrogens with one attached hydrogen (secondary N) is 1. The maximum Gasteiger partial charge on any atom is 0.245 e. The average molecular weight is 325 g/mol. The van der Waals surface area contributed by atoms with Gasteiger partial charge in [-0.25, -0.2) is 0 Å². The standard InChI is InChI=1S/C19H23N3O2/c1-15(21-16(2)23)19(24)22(14-18-9-6-11-20-13-18)12-10-17-7-4-3-5-8-17/h3-9,11,13,15H,10,12,14H2,1-2H3,(H,21,23). The maximum absolute atomic E-state index is 12.7. The quantitative estimate of drug-likeness (QED) is 0.849. The smallest absolute Gasteiger partial charge is 0.245 e. The minimum Gasteiger partial charge on any atom is -0.345 e. The van der Waals surface area contributed by atoms with Crippen LogP contribution in [0.2, 0.25) is 0 Å². The third kappa shape index (κ3) is 5.50. The van der Waals surface area contributed by atoms with Crippen molar-refractivity contribution >= 4 is 11.8 Å². The molecule has 0 fully saturated rings. The van der Waals surface area contributed by atoms with Crippen molar-refractivity contribution in [3.8, 4) is 0 Å². The normalized spacial score (nSPS) is 11.6. The minimum atomic E-state index is -0.546. The Labute approximate surface area is 142 Å². The molecule has 5 nitrogen and oxygen atoms in total. The number of nitrogens with zero attached hydrogens (tertiary/aromatic N) is 2. The molecule has 0 aliphatic carbocycles. The summed E-state index contributed by atoms with van der Waals surface area (Å²) in [4.78, 5) is 29.8. The van der Waals surface area contributed by atoms with E-state index in [1.807, 2.05) is 42.5 Å². The summed E-state index contributed by atoms with van der Waals surface area (Å²) in [6.07, 6.45) is 4.23. The van der Waals surface area contributed by atoms with Crippen LogP contribution in [0, 0.1) is 0 Å². The lowest BCUT2D eigenvalue weighted by Gasteiger charge is -2.26. The summed E-state index contributed by atoms with van der Waals surface area (Å²) in [6.45, 7) is 4.19. The van der Waals surface area contributed by atoms with Crippen LogP contribution in [0.1, 0.15) is 25.0 Å². The number of hydrogen-bond donors (Lipinski definition) is 1. The second kappa shape index (κ2) is 8.82. The van der Waals surface area contributed by atoms with Crippen LogP contribution in [0.25, 0.3) is 0 Å². The van der Waals surface area contributed by atoms with Crippen molar-refractivity contribution in [2.24, 2.45) is 0 Å². The predicted octanol–water partition coefficient (Wildman–Crippen LogP) is 2.18. The first-order chi connectivity index (χ1) is 11.6. The molecule has 0 spiro atoms. The van der Waals surface area contributed by atoms with Gasteiger partial charge in [-0.1, -0.05) is 36.4 Å². The third-order valence-electron chi connectivity index (χ3n) is 3.71. The van der Waals surface area contributed by atoms with Crippen molar-refractivity contribution in [1.82, 2.24) is 15.2 Å². The molecule has 2 amide bonds. The van der Waals surface area contributed by atoms with Crippen LogP contribution in [0.15, 0.2) is 54.9 Å². The zero-order valence-corrected chi connectivity index (χ0v) is 14.1. The van der Waals surface area contributed by atoms with Crippen molar-refractivity contribution in [2.75, 3.05) is 6.54 Å². The fraction of sp³-hybridized carbons (Fsp3) is 0.316. The summed E-state index contributed by atoms with van der Waals surface area (Å²) in [5, 5.41) is 2.66. The molecule has 1 aromatic heterocycles. The van der Waals surface area contributed by atoms with E-state index in [2.05, 4.69) is 10.3 Å². The summed E-state index contributed by atoms with van der Waals surface area (Å²) >= 11 is 0. The van der Waals surface area contributed by atoms with E-state index in [-0.39, 0.29) is 11.8 Å². The summed E-state index contributed by atoms with van der Waals surface area (Å²) in [6, 6.07) is 13.3. The molecule has 5 heteroatoms. The van der Waals surface area contributed by atoms with Crippen LogP contribution in [0.5, 0.6) is 0 Å². The molecule has 1 aromatic carbocycles. The Kier molecular flexibility index (Phi) is 6.49. The van der Waals surface area contributed by atoms with Crippen molar-refractivity contribution in [3.63, 3.8) is 0 Å². The van der Waals surface area contributed by atoms with Crippen molar-refractivity contribution in [3.05, 3.63) is 66.0 Å². The van der Waals surface area contributed by atoms with Crippen LogP contribution in [0.4, 0.5) is 0 Å². The topological polar surface area (TPSA) is 62.3 Å². The van der Waals surface area contributed by atoms with Gasteiger partial charge in [0, 0.05) is 32.4 Å². The summed E-state index contributed by atoms with van der Waals surface area (Å²) in [7, 11) is 0.